The molecule has 0 spiro atoms. The van der Waals surface area contributed by atoms with Crippen molar-refractivity contribution < 1.29 is 4.79 Å². The first-order valence-electron chi connectivity index (χ1n) is 8.49. The predicted octanol–water partition coefficient (Wildman–Crippen LogP) is 2.91. The second-order valence-electron chi connectivity index (χ2n) is 6.48. The SMILES string of the molecule is Cc1cncc(CN2CCN(CC(=O)Nc3ccc(Br)cc3)CC2)c1. The average molecular weight is 403 g/mol. The van der Waals surface area contributed by atoms with Crippen molar-refractivity contribution in [1.29, 1.82) is 0 Å². The van der Waals surface area contributed by atoms with Gasteiger partial charge in [-0.1, -0.05) is 22.0 Å². The van der Waals surface area contributed by atoms with Crippen LogP contribution in [0, 0.1) is 6.92 Å². The number of halogens is 1. The van der Waals surface area contributed by atoms with Gasteiger partial charge in [0.05, 0.1) is 6.54 Å². The van der Waals surface area contributed by atoms with Crippen LogP contribution in [0.15, 0.2) is 47.2 Å². The lowest BCUT2D eigenvalue weighted by atomic mass is 10.2. The van der Waals surface area contributed by atoms with Gasteiger partial charge in [-0.05, 0) is 42.3 Å². The van der Waals surface area contributed by atoms with Gasteiger partial charge in [-0.15, -0.1) is 0 Å². The van der Waals surface area contributed by atoms with E-state index in [9.17, 15) is 4.79 Å². The van der Waals surface area contributed by atoms with Crippen molar-refractivity contribution in [2.45, 2.75) is 13.5 Å². The van der Waals surface area contributed by atoms with Crippen molar-refractivity contribution in [3.05, 3.63) is 58.3 Å². The lowest BCUT2D eigenvalue weighted by molar-refractivity contribution is -0.117. The van der Waals surface area contributed by atoms with E-state index in [1.165, 1.54) is 11.1 Å². The van der Waals surface area contributed by atoms with Crippen molar-refractivity contribution in [3.8, 4) is 0 Å². The molecular weight excluding hydrogens is 380 g/mol. The second-order valence-corrected chi connectivity index (χ2v) is 7.39. The molecule has 1 N–H and O–H groups in total. The van der Waals surface area contributed by atoms with Gasteiger partial charge < -0.3 is 5.32 Å². The number of piperazine rings is 1. The molecule has 0 aliphatic carbocycles. The van der Waals surface area contributed by atoms with Crippen LogP contribution in [0.2, 0.25) is 0 Å². The zero-order chi connectivity index (χ0) is 17.6. The van der Waals surface area contributed by atoms with E-state index >= 15 is 0 Å². The van der Waals surface area contributed by atoms with E-state index in [1.54, 1.807) is 0 Å². The molecule has 5 nitrogen and oxygen atoms in total. The van der Waals surface area contributed by atoms with Crippen molar-refractivity contribution in [2.75, 3.05) is 38.0 Å². The number of hydrogen-bond donors (Lipinski definition) is 1. The Morgan fingerprint density at radius 1 is 1.12 bits per heavy atom. The molecule has 1 aliphatic rings. The summed E-state index contributed by atoms with van der Waals surface area (Å²) in [5.74, 6) is 0.0404. The zero-order valence-corrected chi connectivity index (χ0v) is 16.0. The third-order valence-corrected chi connectivity index (χ3v) is 4.83. The minimum atomic E-state index is 0.0404. The summed E-state index contributed by atoms with van der Waals surface area (Å²) in [5.41, 5.74) is 3.28. The molecule has 1 amide bonds. The van der Waals surface area contributed by atoms with E-state index in [1.807, 2.05) is 36.7 Å². The smallest absolute Gasteiger partial charge is 0.238 e. The Bertz CT molecular complexity index is 712. The van der Waals surface area contributed by atoms with Gasteiger partial charge in [-0.3, -0.25) is 19.6 Å². The lowest BCUT2D eigenvalue weighted by Crippen LogP contribution is -2.48. The van der Waals surface area contributed by atoms with Gasteiger partial charge in [0.15, 0.2) is 0 Å². The standard InChI is InChI=1S/C19H23BrN4O/c1-15-10-16(12-21-11-15)13-23-6-8-24(9-7-23)14-19(25)22-18-4-2-17(20)3-5-18/h2-5,10-12H,6-9,13-14H2,1H3,(H,22,25). The molecule has 1 fully saturated rings. The number of benzene rings is 1. The normalized spacial score (nSPS) is 15.9. The van der Waals surface area contributed by atoms with E-state index in [0.29, 0.717) is 6.54 Å². The first-order chi connectivity index (χ1) is 12.1. The maximum absolute atomic E-state index is 12.2. The Morgan fingerprint density at radius 3 is 2.48 bits per heavy atom. The van der Waals surface area contributed by atoms with Crippen LogP contribution in [-0.2, 0) is 11.3 Å². The molecule has 0 radical (unpaired) electrons. The summed E-state index contributed by atoms with van der Waals surface area (Å²) < 4.78 is 1.01. The number of rotatable bonds is 5. The number of anilines is 1. The Hall–Kier alpha value is -1.76. The molecular formula is C19H23BrN4O. The summed E-state index contributed by atoms with van der Waals surface area (Å²) in [6, 6.07) is 9.83. The summed E-state index contributed by atoms with van der Waals surface area (Å²) in [4.78, 5) is 21.1. The maximum atomic E-state index is 12.2. The molecule has 1 aliphatic heterocycles. The Morgan fingerprint density at radius 2 is 1.80 bits per heavy atom. The Labute approximate surface area is 157 Å². The number of aromatic nitrogens is 1. The summed E-state index contributed by atoms with van der Waals surface area (Å²) >= 11 is 3.39. The van der Waals surface area contributed by atoms with Crippen LogP contribution < -0.4 is 5.32 Å². The number of nitrogens with one attached hydrogen (secondary N) is 1. The quantitative estimate of drug-likeness (QED) is 0.834. The summed E-state index contributed by atoms with van der Waals surface area (Å²) in [6.45, 7) is 7.20. The van der Waals surface area contributed by atoms with E-state index in [-0.39, 0.29) is 5.91 Å². The second kappa shape index (κ2) is 8.56. The molecule has 1 aromatic heterocycles. The molecule has 132 valence electrons. The third kappa shape index (κ3) is 5.63. The Balaban J connectivity index is 1.42. The molecule has 25 heavy (non-hydrogen) atoms. The lowest BCUT2D eigenvalue weighted by Gasteiger charge is -2.34. The van der Waals surface area contributed by atoms with Crippen LogP contribution >= 0.6 is 15.9 Å². The van der Waals surface area contributed by atoms with Gasteiger partial charge in [-0.2, -0.15) is 0 Å². The topological polar surface area (TPSA) is 48.5 Å². The van der Waals surface area contributed by atoms with Crippen molar-refractivity contribution in [3.63, 3.8) is 0 Å². The first kappa shape index (κ1) is 18.0. The molecule has 0 atom stereocenters. The minimum Gasteiger partial charge on any atom is -0.325 e. The summed E-state index contributed by atoms with van der Waals surface area (Å²) in [7, 11) is 0. The average Bonchev–Trinajstić information content (AvgIpc) is 2.59. The van der Waals surface area contributed by atoms with Gasteiger partial charge in [-0.25, -0.2) is 0 Å². The molecule has 2 heterocycles. The molecule has 6 heteroatoms. The van der Waals surface area contributed by atoms with Gasteiger partial charge in [0.1, 0.15) is 0 Å². The number of carbonyl (C=O) groups is 1. The van der Waals surface area contributed by atoms with Crippen molar-refractivity contribution >= 4 is 27.5 Å². The third-order valence-electron chi connectivity index (χ3n) is 4.30. The molecule has 1 saturated heterocycles. The summed E-state index contributed by atoms with van der Waals surface area (Å²) in [6.07, 6.45) is 3.82. The van der Waals surface area contributed by atoms with E-state index in [2.05, 4.69) is 49.0 Å². The molecule has 1 aromatic carbocycles. The van der Waals surface area contributed by atoms with Crippen LogP contribution in [0.25, 0.3) is 0 Å². The van der Waals surface area contributed by atoms with Crippen LogP contribution in [0.1, 0.15) is 11.1 Å². The summed E-state index contributed by atoms with van der Waals surface area (Å²) in [5, 5.41) is 2.95. The van der Waals surface area contributed by atoms with Crippen molar-refractivity contribution in [2.24, 2.45) is 0 Å². The van der Waals surface area contributed by atoms with E-state index < -0.39 is 0 Å². The maximum Gasteiger partial charge on any atom is 0.238 e. The van der Waals surface area contributed by atoms with Crippen LogP contribution in [0.3, 0.4) is 0 Å². The zero-order valence-electron chi connectivity index (χ0n) is 14.4. The van der Waals surface area contributed by atoms with Crippen LogP contribution in [0.5, 0.6) is 0 Å². The minimum absolute atomic E-state index is 0.0404. The fourth-order valence-electron chi connectivity index (χ4n) is 3.00. The van der Waals surface area contributed by atoms with Gasteiger partial charge >= 0.3 is 0 Å². The highest BCUT2D eigenvalue weighted by Crippen LogP contribution is 2.14. The molecule has 3 rings (SSSR count). The fraction of sp³-hybridized carbons (Fsp3) is 0.368. The predicted molar refractivity (Wildman–Crippen MR) is 103 cm³/mol. The molecule has 0 saturated carbocycles. The molecule has 0 unspecified atom stereocenters. The number of hydrogen-bond acceptors (Lipinski definition) is 4. The van der Waals surface area contributed by atoms with E-state index in [4.69, 9.17) is 0 Å². The number of amides is 1. The van der Waals surface area contributed by atoms with Gasteiger partial charge in [0.2, 0.25) is 5.91 Å². The number of pyridine rings is 1. The van der Waals surface area contributed by atoms with Gasteiger partial charge in [0.25, 0.3) is 0 Å². The monoisotopic (exact) mass is 402 g/mol. The highest BCUT2D eigenvalue weighted by atomic mass is 79.9. The fourth-order valence-corrected chi connectivity index (χ4v) is 3.27. The van der Waals surface area contributed by atoms with Gasteiger partial charge in [0, 0.05) is 55.3 Å². The first-order valence-corrected chi connectivity index (χ1v) is 9.28. The van der Waals surface area contributed by atoms with Crippen LogP contribution in [-0.4, -0.2) is 53.4 Å². The van der Waals surface area contributed by atoms with Crippen LogP contribution in [0.4, 0.5) is 5.69 Å². The number of nitrogens with zero attached hydrogens (tertiary/aromatic N) is 3. The molecule has 2 aromatic rings. The number of aryl methyl sites for hydroxylation is 1. The van der Waals surface area contributed by atoms with E-state index in [0.717, 1.165) is 42.9 Å². The van der Waals surface area contributed by atoms with Crippen molar-refractivity contribution in [1.82, 2.24) is 14.8 Å². The largest absolute Gasteiger partial charge is 0.325 e. The number of carbonyl (C=O) groups excluding carboxylic acids is 1. The molecule has 0 bridgehead atoms. The Kier molecular flexibility index (Phi) is 6.18. The highest BCUT2D eigenvalue weighted by Gasteiger charge is 2.19. The highest BCUT2D eigenvalue weighted by molar-refractivity contribution is 9.10.